The minimum absolute atomic E-state index is 0.149. The van der Waals surface area contributed by atoms with Gasteiger partial charge in [-0.3, -0.25) is 9.52 Å². The highest BCUT2D eigenvalue weighted by molar-refractivity contribution is 7.92. The Labute approximate surface area is 182 Å². The highest BCUT2D eigenvalue weighted by Gasteiger charge is 2.12. The molecule has 0 bridgehead atoms. The van der Waals surface area contributed by atoms with E-state index in [1.807, 2.05) is 24.3 Å². The Kier molecular flexibility index (Phi) is 6.74. The van der Waals surface area contributed by atoms with Gasteiger partial charge in [0, 0.05) is 24.1 Å². The van der Waals surface area contributed by atoms with Crippen molar-refractivity contribution in [1.29, 1.82) is 0 Å². The highest BCUT2D eigenvalue weighted by Crippen LogP contribution is 2.22. The smallest absolute Gasteiger partial charge is 0.229 e. The van der Waals surface area contributed by atoms with Gasteiger partial charge in [0.2, 0.25) is 27.6 Å². The van der Waals surface area contributed by atoms with Gasteiger partial charge in [0.25, 0.3) is 0 Å². The molecule has 31 heavy (non-hydrogen) atoms. The zero-order valence-electron chi connectivity index (χ0n) is 18.0. The number of hydrogen-bond acceptors (Lipinski definition) is 6. The second kappa shape index (κ2) is 9.30. The molecule has 0 radical (unpaired) electrons. The first-order valence-electron chi connectivity index (χ1n) is 9.92. The number of rotatable bonds is 8. The summed E-state index contributed by atoms with van der Waals surface area (Å²) in [6, 6.07) is 13.0. The minimum atomic E-state index is -3.41. The zero-order chi connectivity index (χ0) is 22.6. The van der Waals surface area contributed by atoms with E-state index >= 15 is 0 Å². The van der Waals surface area contributed by atoms with E-state index in [4.69, 9.17) is 4.52 Å². The average Bonchev–Trinajstić information content (AvgIpc) is 3.17. The maximum Gasteiger partial charge on any atom is 0.229 e. The van der Waals surface area contributed by atoms with Crippen molar-refractivity contribution < 1.29 is 17.7 Å². The fraction of sp³-hybridized carbons (Fsp3) is 0.318. The number of carbonyl (C=O) groups is 1. The van der Waals surface area contributed by atoms with Gasteiger partial charge in [-0.1, -0.05) is 49.3 Å². The van der Waals surface area contributed by atoms with E-state index in [2.05, 4.69) is 34.0 Å². The average molecular weight is 443 g/mol. The van der Waals surface area contributed by atoms with Gasteiger partial charge in [-0.15, -0.1) is 0 Å². The van der Waals surface area contributed by atoms with E-state index < -0.39 is 10.0 Å². The standard InChI is InChI=1S/C22H26N4O4S/c1-14(2)16-6-8-17(9-7-16)22-24-21(30-25-22)12-11-20(27)23-18-10-5-15(3)19(13-18)26-31(4,28)29/h5-10,13-14,26H,11-12H2,1-4H3,(H,23,27). The van der Waals surface area contributed by atoms with Gasteiger partial charge < -0.3 is 9.84 Å². The first kappa shape index (κ1) is 22.5. The third-order valence-electron chi connectivity index (χ3n) is 4.69. The molecule has 9 heteroatoms. The Bertz CT molecular complexity index is 1170. The summed E-state index contributed by atoms with van der Waals surface area (Å²) in [7, 11) is -3.41. The van der Waals surface area contributed by atoms with Crippen molar-refractivity contribution in [3.05, 3.63) is 59.5 Å². The largest absolute Gasteiger partial charge is 0.339 e. The third kappa shape index (κ3) is 6.39. The van der Waals surface area contributed by atoms with Crippen LogP contribution in [0.2, 0.25) is 0 Å². The van der Waals surface area contributed by atoms with Crippen LogP contribution in [-0.4, -0.2) is 30.7 Å². The van der Waals surface area contributed by atoms with Crippen molar-refractivity contribution in [3.63, 3.8) is 0 Å². The molecule has 2 aromatic carbocycles. The molecule has 0 saturated carbocycles. The van der Waals surface area contributed by atoms with Crippen LogP contribution in [0.1, 0.15) is 43.2 Å². The second-order valence-corrected chi connectivity index (χ2v) is 9.49. The van der Waals surface area contributed by atoms with E-state index in [0.717, 1.165) is 17.4 Å². The molecule has 1 aromatic heterocycles. The Morgan fingerprint density at radius 3 is 2.48 bits per heavy atom. The van der Waals surface area contributed by atoms with Gasteiger partial charge in [-0.05, 0) is 36.1 Å². The van der Waals surface area contributed by atoms with Crippen LogP contribution in [0.25, 0.3) is 11.4 Å². The number of anilines is 2. The first-order chi connectivity index (χ1) is 14.6. The van der Waals surface area contributed by atoms with Gasteiger partial charge in [-0.25, -0.2) is 8.42 Å². The van der Waals surface area contributed by atoms with Crippen molar-refractivity contribution in [2.24, 2.45) is 0 Å². The minimum Gasteiger partial charge on any atom is -0.339 e. The summed E-state index contributed by atoms with van der Waals surface area (Å²) in [5, 5.41) is 6.75. The molecule has 0 aliphatic carbocycles. The quantitative estimate of drug-likeness (QED) is 0.543. The van der Waals surface area contributed by atoms with Crippen LogP contribution in [0.4, 0.5) is 11.4 Å². The van der Waals surface area contributed by atoms with Crippen LogP contribution >= 0.6 is 0 Å². The van der Waals surface area contributed by atoms with Crippen LogP contribution in [0.3, 0.4) is 0 Å². The highest BCUT2D eigenvalue weighted by atomic mass is 32.2. The predicted molar refractivity (Wildman–Crippen MR) is 120 cm³/mol. The van der Waals surface area contributed by atoms with E-state index in [1.54, 1.807) is 25.1 Å². The van der Waals surface area contributed by atoms with E-state index in [-0.39, 0.29) is 12.3 Å². The molecule has 164 valence electrons. The fourth-order valence-corrected chi connectivity index (χ4v) is 3.56. The predicted octanol–water partition coefficient (Wildman–Crippen LogP) is 4.11. The molecule has 0 unspecified atom stereocenters. The number of benzene rings is 2. The molecule has 0 fully saturated rings. The van der Waals surface area contributed by atoms with E-state index in [9.17, 15) is 13.2 Å². The van der Waals surface area contributed by atoms with Crippen molar-refractivity contribution >= 4 is 27.3 Å². The van der Waals surface area contributed by atoms with Gasteiger partial charge >= 0.3 is 0 Å². The monoisotopic (exact) mass is 442 g/mol. The molecule has 2 N–H and O–H groups in total. The lowest BCUT2D eigenvalue weighted by molar-refractivity contribution is -0.116. The Morgan fingerprint density at radius 1 is 1.13 bits per heavy atom. The maximum atomic E-state index is 12.3. The molecule has 1 heterocycles. The fourth-order valence-electron chi connectivity index (χ4n) is 2.94. The Hall–Kier alpha value is -3.20. The summed E-state index contributed by atoms with van der Waals surface area (Å²) in [6.07, 6.45) is 1.52. The number of carbonyl (C=O) groups excluding carboxylic acids is 1. The normalized spacial score (nSPS) is 11.5. The maximum absolute atomic E-state index is 12.3. The molecule has 0 spiro atoms. The van der Waals surface area contributed by atoms with Crippen LogP contribution in [0.5, 0.6) is 0 Å². The summed E-state index contributed by atoms with van der Waals surface area (Å²) in [4.78, 5) is 16.7. The lowest BCUT2D eigenvalue weighted by Crippen LogP contribution is -2.14. The molecule has 0 atom stereocenters. The van der Waals surface area contributed by atoms with Gasteiger partial charge in [-0.2, -0.15) is 4.98 Å². The molecule has 0 aliphatic rings. The number of nitrogens with one attached hydrogen (secondary N) is 2. The first-order valence-corrected chi connectivity index (χ1v) is 11.8. The van der Waals surface area contributed by atoms with Crippen LogP contribution in [0.15, 0.2) is 47.0 Å². The number of nitrogens with zero attached hydrogens (tertiary/aromatic N) is 2. The van der Waals surface area contributed by atoms with Gasteiger partial charge in [0.05, 0.1) is 11.9 Å². The summed E-state index contributed by atoms with van der Waals surface area (Å²) in [5.41, 5.74) is 3.76. The van der Waals surface area contributed by atoms with Crippen LogP contribution < -0.4 is 10.0 Å². The molecule has 0 aliphatic heterocycles. The molecular formula is C22H26N4O4S. The second-order valence-electron chi connectivity index (χ2n) is 7.74. The van der Waals surface area contributed by atoms with E-state index in [0.29, 0.717) is 35.4 Å². The summed E-state index contributed by atoms with van der Waals surface area (Å²) in [6.45, 7) is 6.04. The molecule has 8 nitrogen and oxygen atoms in total. The lowest BCUT2D eigenvalue weighted by atomic mass is 10.0. The zero-order valence-corrected chi connectivity index (χ0v) is 18.8. The summed E-state index contributed by atoms with van der Waals surface area (Å²) < 4.78 is 30.7. The number of hydrogen-bond donors (Lipinski definition) is 2. The lowest BCUT2D eigenvalue weighted by Gasteiger charge is -2.11. The number of aromatic nitrogens is 2. The van der Waals surface area contributed by atoms with Crippen molar-refractivity contribution in [2.45, 2.75) is 39.5 Å². The molecular weight excluding hydrogens is 416 g/mol. The molecule has 0 saturated heterocycles. The van der Waals surface area contributed by atoms with E-state index in [1.165, 1.54) is 5.56 Å². The van der Waals surface area contributed by atoms with Gasteiger partial charge in [0.15, 0.2) is 0 Å². The summed E-state index contributed by atoms with van der Waals surface area (Å²) >= 11 is 0. The number of amides is 1. The van der Waals surface area contributed by atoms with Crippen LogP contribution in [0, 0.1) is 6.92 Å². The topological polar surface area (TPSA) is 114 Å². The SMILES string of the molecule is Cc1ccc(NC(=O)CCc2nc(-c3ccc(C(C)C)cc3)no2)cc1NS(C)(=O)=O. The van der Waals surface area contributed by atoms with Gasteiger partial charge in [0.1, 0.15) is 0 Å². The number of aryl methyl sites for hydroxylation is 2. The Balaban J connectivity index is 1.59. The Morgan fingerprint density at radius 2 is 1.84 bits per heavy atom. The van der Waals surface area contributed by atoms with Crippen molar-refractivity contribution in [2.75, 3.05) is 16.3 Å². The third-order valence-corrected chi connectivity index (χ3v) is 5.28. The van der Waals surface area contributed by atoms with Crippen molar-refractivity contribution in [3.8, 4) is 11.4 Å². The molecule has 3 aromatic rings. The molecule has 3 rings (SSSR count). The van der Waals surface area contributed by atoms with Crippen molar-refractivity contribution in [1.82, 2.24) is 10.1 Å². The van der Waals surface area contributed by atoms with Crippen LogP contribution in [-0.2, 0) is 21.2 Å². The molecule has 1 amide bonds. The number of sulfonamides is 1. The summed E-state index contributed by atoms with van der Waals surface area (Å²) in [5.74, 6) is 1.07.